The highest BCUT2D eigenvalue weighted by Crippen LogP contribution is 2.29. The zero-order valence-electron chi connectivity index (χ0n) is 16.7. The van der Waals surface area contributed by atoms with Crippen molar-refractivity contribution in [3.63, 3.8) is 0 Å². The van der Waals surface area contributed by atoms with E-state index in [1.165, 1.54) is 30.3 Å². The Kier molecular flexibility index (Phi) is 6.61. The van der Waals surface area contributed by atoms with Gasteiger partial charge in [-0.2, -0.15) is 0 Å². The Morgan fingerprint density at radius 3 is 2.63 bits per heavy atom. The Morgan fingerprint density at radius 2 is 1.90 bits per heavy atom. The fraction of sp³-hybridized carbons (Fsp3) is 0.261. The predicted octanol–water partition coefficient (Wildman–Crippen LogP) is 4.35. The number of hydrogen-bond acceptors (Lipinski definition) is 6. The number of fused-ring (bicyclic) bond motifs is 1. The lowest BCUT2D eigenvalue weighted by molar-refractivity contribution is -0.143. The smallest absolute Gasteiger partial charge is 0.346 e. The monoisotopic (exact) mass is 412 g/mol. The van der Waals surface area contributed by atoms with Crippen LogP contribution in [0.25, 0.3) is 11.0 Å². The van der Waals surface area contributed by atoms with Crippen LogP contribution in [0.1, 0.15) is 41.3 Å². The molecule has 0 aliphatic heterocycles. The quantitative estimate of drug-likeness (QED) is 0.326. The van der Waals surface area contributed by atoms with Gasteiger partial charge in [0, 0.05) is 23.9 Å². The summed E-state index contributed by atoms with van der Waals surface area (Å²) in [5.74, 6) is -1.89. The molecule has 0 fully saturated rings. The van der Waals surface area contributed by atoms with Gasteiger partial charge in [0.2, 0.25) is 0 Å². The molecule has 0 spiro atoms. The fourth-order valence-electron chi connectivity index (χ4n) is 2.99. The van der Waals surface area contributed by atoms with E-state index in [4.69, 9.17) is 13.9 Å². The zero-order chi connectivity index (χ0) is 21.7. The molecule has 0 radical (unpaired) electrons. The average molecular weight is 412 g/mol. The van der Waals surface area contributed by atoms with Crippen molar-refractivity contribution in [2.45, 2.75) is 33.1 Å². The molecule has 6 nitrogen and oxygen atoms in total. The number of carbonyl (C=O) groups excluding carboxylic acids is 2. The molecule has 0 saturated heterocycles. The molecule has 0 aliphatic carbocycles. The van der Waals surface area contributed by atoms with Crippen molar-refractivity contribution in [3.8, 4) is 5.75 Å². The number of aryl methyl sites for hydroxylation is 2. The minimum absolute atomic E-state index is 0.0750. The first-order valence-electron chi connectivity index (χ1n) is 9.58. The highest BCUT2D eigenvalue weighted by Gasteiger charge is 2.18. The van der Waals surface area contributed by atoms with Gasteiger partial charge in [-0.1, -0.05) is 19.1 Å². The van der Waals surface area contributed by atoms with E-state index in [0.717, 1.165) is 6.07 Å². The van der Waals surface area contributed by atoms with E-state index < -0.39 is 17.4 Å². The molecule has 1 heterocycles. The molecule has 0 aliphatic rings. The molecular weight excluding hydrogens is 391 g/mol. The Morgan fingerprint density at radius 1 is 1.13 bits per heavy atom. The van der Waals surface area contributed by atoms with Crippen LogP contribution in [-0.2, 0) is 16.0 Å². The van der Waals surface area contributed by atoms with Crippen LogP contribution >= 0.6 is 0 Å². The van der Waals surface area contributed by atoms with E-state index in [0.29, 0.717) is 29.5 Å². The number of esters is 2. The molecule has 0 N–H and O–H groups in total. The molecule has 2 aromatic carbocycles. The van der Waals surface area contributed by atoms with Crippen LogP contribution in [0, 0.1) is 12.7 Å². The molecule has 0 saturated carbocycles. The van der Waals surface area contributed by atoms with Crippen LogP contribution in [0.4, 0.5) is 4.39 Å². The topological polar surface area (TPSA) is 82.8 Å². The van der Waals surface area contributed by atoms with Crippen LogP contribution in [-0.4, -0.2) is 18.5 Å². The molecule has 3 rings (SSSR count). The third kappa shape index (κ3) is 4.92. The molecule has 7 heteroatoms. The molecule has 156 valence electrons. The highest BCUT2D eigenvalue weighted by molar-refractivity contribution is 5.92. The summed E-state index contributed by atoms with van der Waals surface area (Å²) in [5.41, 5.74) is 0.688. The normalized spacial score (nSPS) is 10.8. The first-order valence-corrected chi connectivity index (χ1v) is 9.58. The predicted molar refractivity (Wildman–Crippen MR) is 108 cm³/mol. The van der Waals surface area contributed by atoms with Crippen LogP contribution < -0.4 is 10.4 Å². The third-order valence-corrected chi connectivity index (χ3v) is 4.49. The standard InChI is InChI=1S/C23H21FO6/c1-3-10-28-21(25)9-8-15-12-17-14(2)11-22(26)29-20(17)13-19(15)30-23(27)16-6-4-5-7-18(16)24/h4-7,11-13H,3,8-10H2,1-2H3. The number of carbonyl (C=O) groups is 2. The van der Waals surface area contributed by atoms with E-state index in [2.05, 4.69) is 0 Å². The Hall–Kier alpha value is -3.48. The van der Waals surface area contributed by atoms with Crippen molar-refractivity contribution in [1.29, 1.82) is 0 Å². The summed E-state index contributed by atoms with van der Waals surface area (Å²) in [5, 5.41) is 0.650. The lowest BCUT2D eigenvalue weighted by Crippen LogP contribution is -2.13. The summed E-state index contributed by atoms with van der Waals surface area (Å²) in [6, 6.07) is 9.92. The van der Waals surface area contributed by atoms with Crippen molar-refractivity contribution < 1.29 is 27.9 Å². The second-order valence-electron chi connectivity index (χ2n) is 6.79. The van der Waals surface area contributed by atoms with Crippen molar-refractivity contribution >= 4 is 22.9 Å². The second-order valence-corrected chi connectivity index (χ2v) is 6.79. The fourth-order valence-corrected chi connectivity index (χ4v) is 2.99. The number of halogens is 1. The van der Waals surface area contributed by atoms with E-state index in [1.54, 1.807) is 13.0 Å². The van der Waals surface area contributed by atoms with Gasteiger partial charge in [-0.05, 0) is 49.1 Å². The summed E-state index contributed by atoms with van der Waals surface area (Å²) in [7, 11) is 0. The summed E-state index contributed by atoms with van der Waals surface area (Å²) < 4.78 is 29.7. The van der Waals surface area contributed by atoms with Crippen LogP contribution in [0.15, 0.2) is 51.7 Å². The maximum absolute atomic E-state index is 14.0. The number of rotatable bonds is 7. The third-order valence-electron chi connectivity index (χ3n) is 4.49. The van der Waals surface area contributed by atoms with Gasteiger partial charge in [0.15, 0.2) is 0 Å². The van der Waals surface area contributed by atoms with Crippen molar-refractivity contribution in [3.05, 3.63) is 75.4 Å². The Balaban J connectivity index is 1.97. The maximum Gasteiger partial charge on any atom is 0.346 e. The van der Waals surface area contributed by atoms with Crippen LogP contribution in [0.3, 0.4) is 0 Å². The lowest BCUT2D eigenvalue weighted by atomic mass is 10.0. The number of ether oxygens (including phenoxy) is 2. The first-order chi connectivity index (χ1) is 14.4. The van der Waals surface area contributed by atoms with Gasteiger partial charge >= 0.3 is 17.6 Å². The molecule has 3 aromatic rings. The van der Waals surface area contributed by atoms with Crippen LogP contribution in [0.2, 0.25) is 0 Å². The van der Waals surface area contributed by atoms with Crippen LogP contribution in [0.5, 0.6) is 5.75 Å². The van der Waals surface area contributed by atoms with E-state index in [-0.39, 0.29) is 35.7 Å². The summed E-state index contributed by atoms with van der Waals surface area (Å²) in [6.45, 7) is 3.98. The number of benzene rings is 2. The lowest BCUT2D eigenvalue weighted by Gasteiger charge is -2.12. The van der Waals surface area contributed by atoms with Gasteiger partial charge in [-0.3, -0.25) is 4.79 Å². The van der Waals surface area contributed by atoms with Gasteiger partial charge in [-0.15, -0.1) is 0 Å². The highest BCUT2D eigenvalue weighted by atomic mass is 19.1. The molecule has 1 aromatic heterocycles. The van der Waals surface area contributed by atoms with E-state index in [1.807, 2.05) is 6.92 Å². The van der Waals surface area contributed by atoms with Gasteiger partial charge in [0.25, 0.3) is 0 Å². The Labute approximate surface area is 172 Å². The molecule has 30 heavy (non-hydrogen) atoms. The van der Waals surface area contributed by atoms with Gasteiger partial charge in [0.1, 0.15) is 17.1 Å². The minimum atomic E-state index is -0.891. The molecule has 0 amide bonds. The number of hydrogen-bond donors (Lipinski definition) is 0. The summed E-state index contributed by atoms with van der Waals surface area (Å²) >= 11 is 0. The van der Waals surface area contributed by atoms with Crippen molar-refractivity contribution in [2.24, 2.45) is 0 Å². The molecule has 0 unspecified atom stereocenters. The van der Waals surface area contributed by atoms with Crippen molar-refractivity contribution in [1.82, 2.24) is 0 Å². The maximum atomic E-state index is 14.0. The second kappa shape index (κ2) is 9.35. The molecular formula is C23H21FO6. The average Bonchev–Trinajstić information content (AvgIpc) is 2.71. The van der Waals surface area contributed by atoms with Crippen molar-refractivity contribution in [2.75, 3.05) is 6.61 Å². The Bertz CT molecular complexity index is 1150. The zero-order valence-corrected chi connectivity index (χ0v) is 16.7. The summed E-state index contributed by atoms with van der Waals surface area (Å²) in [4.78, 5) is 36.1. The van der Waals surface area contributed by atoms with Gasteiger partial charge in [-0.25, -0.2) is 14.0 Å². The van der Waals surface area contributed by atoms with E-state index in [9.17, 15) is 18.8 Å². The SMILES string of the molecule is CCCOC(=O)CCc1cc2c(C)cc(=O)oc2cc1OC(=O)c1ccccc1F. The van der Waals surface area contributed by atoms with Gasteiger partial charge in [0.05, 0.1) is 12.2 Å². The largest absolute Gasteiger partial charge is 0.466 e. The molecule has 0 bridgehead atoms. The summed E-state index contributed by atoms with van der Waals surface area (Å²) in [6.07, 6.45) is 1.02. The molecule has 0 atom stereocenters. The first kappa shape index (κ1) is 21.2. The van der Waals surface area contributed by atoms with Gasteiger partial charge < -0.3 is 13.9 Å². The van der Waals surface area contributed by atoms with E-state index >= 15 is 0 Å². The minimum Gasteiger partial charge on any atom is -0.466 e.